The maximum absolute atomic E-state index is 12.3. The summed E-state index contributed by atoms with van der Waals surface area (Å²) in [6.45, 7) is -5.17. The minimum absolute atomic E-state index is 0. The zero-order valence-corrected chi connectivity index (χ0v) is 11.2. The van der Waals surface area contributed by atoms with Crippen molar-refractivity contribution >= 4 is 30.3 Å². The molecule has 0 saturated carbocycles. The van der Waals surface area contributed by atoms with Gasteiger partial charge in [0.05, 0.1) is 0 Å². The Balaban J connectivity index is 0.00000169. The van der Waals surface area contributed by atoms with E-state index in [1.807, 2.05) is 0 Å². The molecule has 1 aromatic carbocycles. The van der Waals surface area contributed by atoms with Crippen molar-refractivity contribution in [3.05, 3.63) is 28.8 Å². The van der Waals surface area contributed by atoms with Gasteiger partial charge in [-0.25, -0.2) is 0 Å². The van der Waals surface area contributed by atoms with Gasteiger partial charge in [0.25, 0.3) is 0 Å². The molecule has 70 valence electrons. The molecule has 0 aliphatic heterocycles. The van der Waals surface area contributed by atoms with E-state index in [2.05, 4.69) is 0 Å². The molecule has 1 nitrogen and oxygen atoms in total. The molecule has 0 aromatic heterocycles. The molecule has 0 N–H and O–H groups in total. The molecule has 0 saturated heterocycles. The summed E-state index contributed by atoms with van der Waals surface area (Å²) in [6, 6.07) is 3.06. The van der Waals surface area contributed by atoms with Crippen LogP contribution in [0.5, 0.6) is 0 Å². The summed E-state index contributed by atoms with van der Waals surface area (Å²) in [5.74, 6) is 0. The van der Waals surface area contributed by atoms with Crippen molar-refractivity contribution in [3.8, 4) is 0 Å². The molecule has 0 aliphatic carbocycles. The summed E-state index contributed by atoms with van der Waals surface area (Å²) >= 11 is 5.37. The average molecular weight is 246 g/mol. The van der Waals surface area contributed by atoms with Gasteiger partial charge in [-0.2, -0.15) is 0 Å². The van der Waals surface area contributed by atoms with Gasteiger partial charge in [0, 0.05) is 5.02 Å². The summed E-state index contributed by atoms with van der Waals surface area (Å²) in [6.07, 6.45) is 0.168. The van der Waals surface area contributed by atoms with E-state index in [1.165, 1.54) is 6.07 Å². The standard InChI is InChI=1S/C7H4BClF3O.K/c9-6-2-1-5(4-13)7(3-6)8(10,11)12;/h1-4H;/q-1;+1. The summed E-state index contributed by atoms with van der Waals surface area (Å²) in [5, 5.41) is -0.0280. The molecule has 0 fully saturated rings. The first-order valence-electron chi connectivity index (χ1n) is 3.39. The second-order valence-electron chi connectivity index (χ2n) is 2.47. The molecule has 1 rings (SSSR count). The minimum Gasteiger partial charge on any atom is -0.445 e. The maximum Gasteiger partial charge on any atom is 1.00 e. The number of carbonyl (C=O) groups is 1. The summed E-state index contributed by atoms with van der Waals surface area (Å²) in [5.41, 5.74) is -1.32. The van der Waals surface area contributed by atoms with E-state index >= 15 is 0 Å². The normalized spacial score (nSPS) is 10.6. The summed E-state index contributed by atoms with van der Waals surface area (Å²) in [4.78, 5) is 10.3. The fraction of sp³-hybridized carbons (Fsp3) is 0. The largest absolute Gasteiger partial charge is 1.00 e. The third kappa shape index (κ3) is 3.68. The van der Waals surface area contributed by atoms with Gasteiger partial charge in [-0.05, 0) is 11.6 Å². The van der Waals surface area contributed by atoms with Crippen LogP contribution in [0.15, 0.2) is 18.2 Å². The Labute approximate surface area is 126 Å². The van der Waals surface area contributed by atoms with Gasteiger partial charge in [-0.1, -0.05) is 29.2 Å². The topological polar surface area (TPSA) is 17.1 Å². The van der Waals surface area contributed by atoms with Gasteiger partial charge in [-0.3, -0.25) is 4.79 Å². The Morgan fingerprint density at radius 3 is 2.29 bits per heavy atom. The third-order valence-corrected chi connectivity index (χ3v) is 1.76. The van der Waals surface area contributed by atoms with Crippen molar-refractivity contribution in [2.24, 2.45) is 0 Å². The van der Waals surface area contributed by atoms with E-state index in [1.54, 1.807) is 0 Å². The fourth-order valence-electron chi connectivity index (χ4n) is 0.936. The van der Waals surface area contributed by atoms with Crippen molar-refractivity contribution in [3.63, 3.8) is 0 Å². The van der Waals surface area contributed by atoms with E-state index in [0.29, 0.717) is 0 Å². The number of halogens is 4. The molecule has 0 atom stereocenters. The molecule has 0 aliphatic rings. The van der Waals surface area contributed by atoms with Crippen LogP contribution in [-0.2, 0) is 0 Å². The van der Waals surface area contributed by atoms with Crippen molar-refractivity contribution in [2.75, 3.05) is 0 Å². The van der Waals surface area contributed by atoms with Gasteiger partial charge < -0.3 is 12.9 Å². The van der Waals surface area contributed by atoms with E-state index in [4.69, 9.17) is 11.6 Å². The molecule has 0 spiro atoms. The average Bonchev–Trinajstić information content (AvgIpc) is 2.03. The predicted molar refractivity (Wildman–Crippen MR) is 45.6 cm³/mol. The predicted octanol–water partition coefficient (Wildman–Crippen LogP) is -0.789. The number of aldehydes is 1. The number of carbonyl (C=O) groups excluding carboxylic acids is 1. The smallest absolute Gasteiger partial charge is 0.445 e. The Morgan fingerprint density at radius 1 is 1.29 bits per heavy atom. The van der Waals surface area contributed by atoms with Crippen molar-refractivity contribution < 1.29 is 69.1 Å². The SMILES string of the molecule is O=Cc1ccc(Cl)cc1[B-](F)(F)F.[K+]. The van der Waals surface area contributed by atoms with Crippen LogP contribution < -0.4 is 56.8 Å². The van der Waals surface area contributed by atoms with E-state index in [0.717, 1.165) is 12.1 Å². The third-order valence-electron chi connectivity index (χ3n) is 1.53. The second kappa shape index (κ2) is 5.67. The first-order chi connectivity index (χ1) is 5.95. The molecule has 0 radical (unpaired) electrons. The van der Waals surface area contributed by atoms with Crippen molar-refractivity contribution in [1.29, 1.82) is 0 Å². The number of rotatable bonds is 2. The van der Waals surface area contributed by atoms with Crippen LogP contribution in [0.4, 0.5) is 12.9 Å². The Kier molecular flexibility index (Phi) is 5.94. The quantitative estimate of drug-likeness (QED) is 0.494. The van der Waals surface area contributed by atoms with Gasteiger partial charge in [0.1, 0.15) is 6.29 Å². The van der Waals surface area contributed by atoms with Crippen LogP contribution in [0.25, 0.3) is 0 Å². The maximum atomic E-state index is 12.3. The van der Waals surface area contributed by atoms with Crippen LogP contribution in [-0.4, -0.2) is 13.3 Å². The first-order valence-corrected chi connectivity index (χ1v) is 3.77. The van der Waals surface area contributed by atoms with Crippen LogP contribution in [0.2, 0.25) is 5.02 Å². The molecule has 1 aromatic rings. The molecule has 7 heteroatoms. The minimum atomic E-state index is -5.17. The molecule has 14 heavy (non-hydrogen) atoms. The van der Waals surface area contributed by atoms with Crippen LogP contribution >= 0.6 is 11.6 Å². The van der Waals surface area contributed by atoms with E-state index in [9.17, 15) is 17.7 Å². The molecule has 0 bridgehead atoms. The number of hydrogen-bond donors (Lipinski definition) is 0. The van der Waals surface area contributed by atoms with E-state index < -0.39 is 12.4 Å². The van der Waals surface area contributed by atoms with Gasteiger partial charge >= 0.3 is 58.4 Å². The van der Waals surface area contributed by atoms with Crippen molar-refractivity contribution in [2.45, 2.75) is 0 Å². The molecular formula is C7H4BClF3KO. The Hall–Kier alpha value is 0.671. The van der Waals surface area contributed by atoms with Crippen LogP contribution in [0.3, 0.4) is 0 Å². The second-order valence-corrected chi connectivity index (χ2v) is 2.90. The zero-order valence-electron chi connectivity index (χ0n) is 7.31. The Morgan fingerprint density at radius 2 is 1.86 bits per heavy atom. The monoisotopic (exact) mass is 246 g/mol. The van der Waals surface area contributed by atoms with Gasteiger partial charge in [0.15, 0.2) is 0 Å². The fourth-order valence-corrected chi connectivity index (χ4v) is 1.12. The van der Waals surface area contributed by atoms with Gasteiger partial charge in [0.2, 0.25) is 0 Å². The van der Waals surface area contributed by atoms with Gasteiger partial charge in [-0.15, -0.1) is 0 Å². The van der Waals surface area contributed by atoms with Crippen LogP contribution in [0, 0.1) is 0 Å². The summed E-state index contributed by atoms with van der Waals surface area (Å²) in [7, 11) is 0. The molecule has 0 heterocycles. The van der Waals surface area contributed by atoms with Crippen molar-refractivity contribution in [1.82, 2.24) is 0 Å². The number of hydrogen-bond acceptors (Lipinski definition) is 1. The first kappa shape index (κ1) is 14.7. The Bertz CT molecular complexity index is 342. The molecular weight excluding hydrogens is 242 g/mol. The zero-order chi connectivity index (χ0) is 10.1. The molecule has 0 unspecified atom stereocenters. The van der Waals surface area contributed by atoms with Crippen LogP contribution in [0.1, 0.15) is 10.4 Å². The molecule has 0 amide bonds. The van der Waals surface area contributed by atoms with E-state index in [-0.39, 0.29) is 68.3 Å². The number of benzene rings is 1. The summed E-state index contributed by atoms with van der Waals surface area (Å²) < 4.78 is 36.8.